The number of nitrogens with one attached hydrogen (secondary N) is 1. The maximum absolute atomic E-state index is 13.4. The first-order valence-corrected chi connectivity index (χ1v) is 9.79. The molecule has 1 aromatic carbocycles. The Kier molecular flexibility index (Phi) is 8.08. The summed E-state index contributed by atoms with van der Waals surface area (Å²) in [6, 6.07) is 5.67. The molecule has 164 valence electrons. The molecular formula is C21H27FN3O5-. The third-order valence-corrected chi connectivity index (χ3v) is 4.77. The Morgan fingerprint density at radius 3 is 2.37 bits per heavy atom. The minimum Gasteiger partial charge on any atom is -0.550 e. The quantitative estimate of drug-likeness (QED) is 0.519. The molecule has 2 aromatic rings. The molecule has 0 aliphatic rings. The lowest BCUT2D eigenvalue weighted by molar-refractivity contribution is -0.307. The average Bonchev–Trinajstić information content (AvgIpc) is 3.05. The molecule has 0 radical (unpaired) electrons. The van der Waals surface area contributed by atoms with E-state index < -0.39 is 30.4 Å². The van der Waals surface area contributed by atoms with Gasteiger partial charge in [0.2, 0.25) is 0 Å². The number of carboxylic acids is 1. The second kappa shape index (κ2) is 10.3. The van der Waals surface area contributed by atoms with Gasteiger partial charge in [-0.15, -0.1) is 0 Å². The minimum atomic E-state index is -1.39. The molecule has 0 aliphatic carbocycles. The summed E-state index contributed by atoms with van der Waals surface area (Å²) in [6.07, 6.45) is -2.31. The SMILES string of the molecule is CNC(=O)c1nn(-c2ccc(F)cc2)c(CC[C@@H](O)C[C@@H](O)CC(=O)[O-])c1C(C)C. The third-order valence-electron chi connectivity index (χ3n) is 4.77. The van der Waals surface area contributed by atoms with Crippen molar-refractivity contribution in [2.45, 2.75) is 57.7 Å². The number of hydrogen-bond acceptors (Lipinski definition) is 6. The minimum absolute atomic E-state index is 0.0534. The molecule has 0 spiro atoms. The van der Waals surface area contributed by atoms with Gasteiger partial charge in [0.05, 0.1) is 17.9 Å². The molecule has 0 saturated carbocycles. The van der Waals surface area contributed by atoms with E-state index in [-0.39, 0.29) is 30.4 Å². The van der Waals surface area contributed by atoms with Gasteiger partial charge in [0.15, 0.2) is 5.69 Å². The number of aliphatic carboxylic acids is 1. The van der Waals surface area contributed by atoms with Crippen molar-refractivity contribution in [2.24, 2.45) is 0 Å². The number of rotatable bonds is 10. The molecule has 8 nitrogen and oxygen atoms in total. The van der Waals surface area contributed by atoms with Crippen LogP contribution in [0.25, 0.3) is 5.69 Å². The van der Waals surface area contributed by atoms with E-state index in [0.29, 0.717) is 23.4 Å². The Morgan fingerprint density at radius 1 is 1.20 bits per heavy atom. The van der Waals surface area contributed by atoms with Crippen molar-refractivity contribution in [3.05, 3.63) is 47.0 Å². The van der Waals surface area contributed by atoms with Crippen LogP contribution in [0.15, 0.2) is 24.3 Å². The van der Waals surface area contributed by atoms with E-state index >= 15 is 0 Å². The van der Waals surface area contributed by atoms with Crippen LogP contribution >= 0.6 is 0 Å². The number of aromatic nitrogens is 2. The number of aliphatic hydroxyl groups is 2. The summed E-state index contributed by atoms with van der Waals surface area (Å²) < 4.78 is 14.9. The van der Waals surface area contributed by atoms with E-state index in [4.69, 9.17) is 0 Å². The standard InChI is InChI=1S/C21H28FN3O5/c1-12(2)19-17(9-8-15(26)10-16(27)11-18(28)29)25(24-20(19)21(30)23-3)14-6-4-13(22)5-7-14/h4-7,12,15-16,26-27H,8-11H2,1-3H3,(H,23,30)(H,28,29)/p-1/t15-,16-/m1/s1. The van der Waals surface area contributed by atoms with Gasteiger partial charge >= 0.3 is 0 Å². The maximum Gasteiger partial charge on any atom is 0.271 e. The first-order chi connectivity index (χ1) is 14.1. The molecule has 0 fully saturated rings. The number of benzene rings is 1. The molecule has 30 heavy (non-hydrogen) atoms. The second-order valence-electron chi connectivity index (χ2n) is 7.49. The normalized spacial score (nSPS) is 13.3. The van der Waals surface area contributed by atoms with Gasteiger partial charge in [0, 0.05) is 30.7 Å². The zero-order valence-electron chi connectivity index (χ0n) is 17.3. The number of amides is 1. The summed E-state index contributed by atoms with van der Waals surface area (Å²) in [4.78, 5) is 23.0. The van der Waals surface area contributed by atoms with Crippen LogP contribution in [0.4, 0.5) is 4.39 Å². The highest BCUT2D eigenvalue weighted by Gasteiger charge is 2.26. The Hall–Kier alpha value is -2.78. The number of carbonyl (C=O) groups excluding carboxylic acids is 2. The number of carbonyl (C=O) groups is 2. The molecule has 9 heteroatoms. The predicted molar refractivity (Wildman–Crippen MR) is 106 cm³/mol. The number of halogens is 1. The van der Waals surface area contributed by atoms with Crippen molar-refractivity contribution in [2.75, 3.05) is 7.05 Å². The van der Waals surface area contributed by atoms with E-state index in [1.165, 1.54) is 19.2 Å². The van der Waals surface area contributed by atoms with Gasteiger partial charge in [-0.1, -0.05) is 13.8 Å². The van der Waals surface area contributed by atoms with Gasteiger partial charge in [0.25, 0.3) is 5.91 Å². The van der Waals surface area contributed by atoms with E-state index in [0.717, 1.165) is 0 Å². The number of hydrogen-bond donors (Lipinski definition) is 3. The summed E-state index contributed by atoms with van der Waals surface area (Å²) in [6.45, 7) is 3.84. The number of nitrogens with zero attached hydrogens (tertiary/aromatic N) is 2. The van der Waals surface area contributed by atoms with Crippen LogP contribution in [0.1, 0.15) is 60.8 Å². The molecule has 0 bridgehead atoms. The van der Waals surface area contributed by atoms with Crippen molar-refractivity contribution >= 4 is 11.9 Å². The molecule has 1 heterocycles. The molecule has 3 N–H and O–H groups in total. The fraction of sp³-hybridized carbons (Fsp3) is 0.476. The smallest absolute Gasteiger partial charge is 0.271 e. The van der Waals surface area contributed by atoms with Gasteiger partial charge in [-0.25, -0.2) is 9.07 Å². The van der Waals surface area contributed by atoms with Crippen molar-refractivity contribution in [3.63, 3.8) is 0 Å². The van der Waals surface area contributed by atoms with Crippen molar-refractivity contribution in [1.82, 2.24) is 15.1 Å². The number of carboxylic acid groups (broad SMARTS) is 1. The molecule has 1 amide bonds. The van der Waals surface area contributed by atoms with Crippen molar-refractivity contribution < 1.29 is 29.3 Å². The van der Waals surface area contributed by atoms with Crippen LogP contribution in [-0.2, 0) is 11.2 Å². The lowest BCUT2D eigenvalue weighted by Crippen LogP contribution is -2.29. The van der Waals surface area contributed by atoms with Crippen LogP contribution in [0.2, 0.25) is 0 Å². The maximum atomic E-state index is 13.4. The summed E-state index contributed by atoms with van der Waals surface area (Å²) >= 11 is 0. The lowest BCUT2D eigenvalue weighted by atomic mass is 9.95. The fourth-order valence-electron chi connectivity index (χ4n) is 3.41. The zero-order chi connectivity index (χ0) is 22.4. The van der Waals surface area contributed by atoms with Crippen LogP contribution in [-0.4, -0.2) is 51.1 Å². The first kappa shape index (κ1) is 23.5. The number of aliphatic hydroxyl groups excluding tert-OH is 2. The van der Waals surface area contributed by atoms with Gasteiger partial charge in [-0.3, -0.25) is 4.79 Å². The Bertz CT molecular complexity index is 880. The fourth-order valence-corrected chi connectivity index (χ4v) is 3.41. The molecule has 1 aromatic heterocycles. The Balaban J connectivity index is 2.37. The van der Waals surface area contributed by atoms with Gasteiger partial charge in [0.1, 0.15) is 5.82 Å². The van der Waals surface area contributed by atoms with E-state index in [9.17, 15) is 29.3 Å². The Labute approximate surface area is 174 Å². The van der Waals surface area contributed by atoms with E-state index in [1.54, 1.807) is 16.8 Å². The lowest BCUT2D eigenvalue weighted by Gasteiger charge is -2.17. The molecule has 0 saturated heterocycles. The summed E-state index contributed by atoms with van der Waals surface area (Å²) in [5.41, 5.74) is 2.21. The summed E-state index contributed by atoms with van der Waals surface area (Å²) in [7, 11) is 1.51. The highest BCUT2D eigenvalue weighted by atomic mass is 19.1. The van der Waals surface area contributed by atoms with Gasteiger partial charge < -0.3 is 25.4 Å². The molecule has 0 unspecified atom stereocenters. The highest BCUT2D eigenvalue weighted by Crippen LogP contribution is 2.28. The molecule has 2 atom stereocenters. The van der Waals surface area contributed by atoms with Gasteiger partial charge in [-0.2, -0.15) is 5.10 Å². The van der Waals surface area contributed by atoms with Crippen LogP contribution in [0, 0.1) is 5.82 Å². The second-order valence-corrected chi connectivity index (χ2v) is 7.49. The average molecular weight is 420 g/mol. The first-order valence-electron chi connectivity index (χ1n) is 9.79. The highest BCUT2D eigenvalue weighted by molar-refractivity contribution is 5.94. The summed E-state index contributed by atoms with van der Waals surface area (Å²) in [5.74, 6) is -2.20. The van der Waals surface area contributed by atoms with Gasteiger partial charge in [-0.05, 0) is 49.4 Å². The predicted octanol–water partition coefficient (Wildman–Crippen LogP) is 0.679. The zero-order valence-corrected chi connectivity index (χ0v) is 17.3. The Morgan fingerprint density at radius 2 is 1.83 bits per heavy atom. The molecular weight excluding hydrogens is 393 g/mol. The summed E-state index contributed by atoms with van der Waals surface area (Å²) in [5, 5.41) is 37.6. The van der Waals surface area contributed by atoms with Crippen molar-refractivity contribution in [3.8, 4) is 5.69 Å². The van der Waals surface area contributed by atoms with Crippen LogP contribution in [0.5, 0.6) is 0 Å². The van der Waals surface area contributed by atoms with E-state index in [1.807, 2.05) is 13.8 Å². The van der Waals surface area contributed by atoms with Crippen molar-refractivity contribution in [1.29, 1.82) is 0 Å². The van der Waals surface area contributed by atoms with Crippen LogP contribution in [0.3, 0.4) is 0 Å². The third kappa shape index (κ3) is 5.87. The van der Waals surface area contributed by atoms with E-state index in [2.05, 4.69) is 10.4 Å². The van der Waals surface area contributed by atoms with Crippen LogP contribution < -0.4 is 10.4 Å². The molecule has 2 rings (SSSR count). The monoisotopic (exact) mass is 420 g/mol. The largest absolute Gasteiger partial charge is 0.550 e. The molecule has 0 aliphatic heterocycles. The topological polar surface area (TPSA) is 128 Å².